The van der Waals surface area contributed by atoms with Crippen LogP contribution in [0, 0.1) is 0 Å². The molecule has 2 atom stereocenters. The lowest BCUT2D eigenvalue weighted by atomic mass is 10.2. The van der Waals surface area contributed by atoms with E-state index in [2.05, 4.69) is 0 Å². The van der Waals surface area contributed by atoms with Crippen molar-refractivity contribution < 1.29 is 19.3 Å². The molecule has 1 N–H and O–H groups in total. The van der Waals surface area contributed by atoms with Crippen LogP contribution in [0.4, 0.5) is 0 Å². The summed E-state index contributed by atoms with van der Waals surface area (Å²) < 4.78 is 15.8. The van der Waals surface area contributed by atoms with Crippen molar-refractivity contribution in [2.24, 2.45) is 0 Å². The summed E-state index contributed by atoms with van der Waals surface area (Å²) in [6.45, 7) is 4.13. The fourth-order valence-corrected chi connectivity index (χ4v) is 1.24. The van der Waals surface area contributed by atoms with Crippen LogP contribution in [0.1, 0.15) is 13.8 Å². The van der Waals surface area contributed by atoms with Gasteiger partial charge in [0.2, 0.25) is 0 Å². The summed E-state index contributed by atoms with van der Waals surface area (Å²) in [4.78, 5) is 0. The molecule has 12 heavy (non-hydrogen) atoms. The smallest absolute Gasteiger partial charge is 0.163 e. The van der Waals surface area contributed by atoms with Gasteiger partial charge >= 0.3 is 0 Å². The fourth-order valence-electron chi connectivity index (χ4n) is 1.24. The maximum atomic E-state index is 8.90. The highest BCUT2D eigenvalue weighted by Gasteiger charge is 2.37. The van der Waals surface area contributed by atoms with Crippen LogP contribution in [0.15, 0.2) is 0 Å². The zero-order valence-corrected chi connectivity index (χ0v) is 7.74. The van der Waals surface area contributed by atoms with E-state index in [0.29, 0.717) is 6.61 Å². The first-order chi connectivity index (χ1) is 5.59. The third-order valence-corrected chi connectivity index (χ3v) is 1.93. The summed E-state index contributed by atoms with van der Waals surface area (Å²) >= 11 is 0. The Kier molecular flexibility index (Phi) is 3.06. The number of aliphatic hydroxyl groups excluding tert-OH is 1. The Morgan fingerprint density at radius 1 is 1.67 bits per heavy atom. The molecule has 1 rings (SSSR count). The molecule has 0 aromatic carbocycles. The number of aliphatic hydroxyl groups is 1. The summed E-state index contributed by atoms with van der Waals surface area (Å²) in [5.74, 6) is -0.545. The molecule has 0 aromatic rings. The predicted octanol–water partition coefficient (Wildman–Crippen LogP) is 0.145. The molecule has 1 aliphatic rings. The van der Waals surface area contributed by atoms with Gasteiger partial charge in [0.1, 0.15) is 12.2 Å². The Hall–Kier alpha value is -0.160. The fraction of sp³-hybridized carbons (Fsp3) is 1.00. The van der Waals surface area contributed by atoms with Crippen LogP contribution in [0.2, 0.25) is 0 Å². The van der Waals surface area contributed by atoms with E-state index in [1.807, 2.05) is 13.8 Å². The molecule has 1 fully saturated rings. The molecule has 0 amide bonds. The SMILES string of the molecule is CO[C@@H](CO)[C@H]1COC(C)(C)O1. The van der Waals surface area contributed by atoms with E-state index in [-0.39, 0.29) is 18.8 Å². The molecule has 1 saturated heterocycles. The van der Waals surface area contributed by atoms with Crippen molar-refractivity contribution in [3.8, 4) is 0 Å². The summed E-state index contributed by atoms with van der Waals surface area (Å²) in [5.41, 5.74) is 0. The van der Waals surface area contributed by atoms with Crippen molar-refractivity contribution in [1.82, 2.24) is 0 Å². The molecule has 0 bridgehead atoms. The van der Waals surface area contributed by atoms with E-state index in [4.69, 9.17) is 19.3 Å². The first-order valence-electron chi connectivity index (χ1n) is 4.04. The summed E-state index contributed by atoms with van der Waals surface area (Å²) in [5, 5.41) is 8.90. The average Bonchev–Trinajstić information content (AvgIpc) is 2.34. The Labute approximate surface area is 72.4 Å². The Morgan fingerprint density at radius 3 is 2.67 bits per heavy atom. The first-order valence-corrected chi connectivity index (χ1v) is 4.04. The van der Waals surface area contributed by atoms with E-state index in [1.165, 1.54) is 0 Å². The van der Waals surface area contributed by atoms with Crippen LogP contribution in [0.3, 0.4) is 0 Å². The molecule has 0 radical (unpaired) electrons. The number of ether oxygens (including phenoxy) is 3. The van der Waals surface area contributed by atoms with Gasteiger partial charge in [0.25, 0.3) is 0 Å². The molecule has 0 unspecified atom stereocenters. The van der Waals surface area contributed by atoms with E-state index < -0.39 is 5.79 Å². The average molecular weight is 176 g/mol. The van der Waals surface area contributed by atoms with E-state index in [9.17, 15) is 0 Å². The van der Waals surface area contributed by atoms with Crippen LogP contribution in [-0.4, -0.2) is 43.4 Å². The Morgan fingerprint density at radius 2 is 2.33 bits per heavy atom. The van der Waals surface area contributed by atoms with Crippen LogP contribution >= 0.6 is 0 Å². The van der Waals surface area contributed by atoms with Crippen molar-refractivity contribution in [2.75, 3.05) is 20.3 Å². The van der Waals surface area contributed by atoms with Gasteiger partial charge in [-0.2, -0.15) is 0 Å². The summed E-state index contributed by atoms with van der Waals surface area (Å²) in [7, 11) is 1.55. The standard InChI is InChI=1S/C8H16O4/c1-8(2)11-5-7(12-8)6(4-9)10-3/h6-7,9H,4-5H2,1-3H3/t6-,7+/m0/s1. The quantitative estimate of drug-likeness (QED) is 0.664. The molecular weight excluding hydrogens is 160 g/mol. The number of rotatable bonds is 3. The van der Waals surface area contributed by atoms with Crippen molar-refractivity contribution in [3.05, 3.63) is 0 Å². The molecule has 0 spiro atoms. The van der Waals surface area contributed by atoms with Crippen LogP contribution in [0.25, 0.3) is 0 Å². The molecule has 0 saturated carbocycles. The molecule has 0 aliphatic carbocycles. The van der Waals surface area contributed by atoms with Crippen LogP contribution < -0.4 is 0 Å². The predicted molar refractivity (Wildman–Crippen MR) is 42.8 cm³/mol. The third kappa shape index (κ3) is 2.17. The minimum absolute atomic E-state index is 0.0411. The number of hydrogen-bond acceptors (Lipinski definition) is 4. The molecule has 4 nitrogen and oxygen atoms in total. The van der Waals surface area contributed by atoms with Gasteiger partial charge in [0.05, 0.1) is 13.2 Å². The normalized spacial score (nSPS) is 30.5. The molecule has 1 aliphatic heterocycles. The summed E-state index contributed by atoms with van der Waals surface area (Å²) in [6, 6.07) is 0. The molecule has 1 heterocycles. The van der Waals surface area contributed by atoms with Crippen molar-refractivity contribution >= 4 is 0 Å². The molecule has 0 aromatic heterocycles. The van der Waals surface area contributed by atoms with Gasteiger partial charge < -0.3 is 19.3 Å². The maximum Gasteiger partial charge on any atom is 0.163 e. The first kappa shape index (κ1) is 9.92. The van der Waals surface area contributed by atoms with Gasteiger partial charge in [-0.1, -0.05) is 0 Å². The Bertz CT molecular complexity index is 142. The largest absolute Gasteiger partial charge is 0.394 e. The lowest BCUT2D eigenvalue weighted by Gasteiger charge is -2.21. The van der Waals surface area contributed by atoms with Gasteiger partial charge in [-0.25, -0.2) is 0 Å². The zero-order valence-electron chi connectivity index (χ0n) is 7.74. The lowest BCUT2D eigenvalue weighted by Crippen LogP contribution is -2.34. The van der Waals surface area contributed by atoms with Gasteiger partial charge in [0, 0.05) is 7.11 Å². The van der Waals surface area contributed by atoms with Gasteiger partial charge in [-0.15, -0.1) is 0 Å². The van der Waals surface area contributed by atoms with Gasteiger partial charge in [0.15, 0.2) is 5.79 Å². The second-order valence-electron chi connectivity index (χ2n) is 3.32. The van der Waals surface area contributed by atoms with Gasteiger partial charge in [-0.3, -0.25) is 0 Å². The maximum absolute atomic E-state index is 8.90. The monoisotopic (exact) mass is 176 g/mol. The van der Waals surface area contributed by atoms with Gasteiger partial charge in [-0.05, 0) is 13.8 Å². The van der Waals surface area contributed by atoms with E-state index >= 15 is 0 Å². The zero-order chi connectivity index (χ0) is 9.19. The van der Waals surface area contributed by atoms with Crippen molar-refractivity contribution in [3.63, 3.8) is 0 Å². The second-order valence-corrected chi connectivity index (χ2v) is 3.32. The molecule has 72 valence electrons. The van der Waals surface area contributed by atoms with E-state index in [1.54, 1.807) is 7.11 Å². The minimum Gasteiger partial charge on any atom is -0.394 e. The van der Waals surface area contributed by atoms with E-state index in [0.717, 1.165) is 0 Å². The number of hydrogen-bond donors (Lipinski definition) is 1. The molecular formula is C8H16O4. The Balaban J connectivity index is 2.45. The third-order valence-electron chi connectivity index (χ3n) is 1.93. The van der Waals surface area contributed by atoms with Crippen LogP contribution in [-0.2, 0) is 14.2 Å². The molecule has 4 heteroatoms. The topological polar surface area (TPSA) is 47.9 Å². The highest BCUT2D eigenvalue weighted by Crippen LogP contribution is 2.24. The summed E-state index contributed by atoms with van der Waals surface area (Å²) in [6.07, 6.45) is -0.443. The minimum atomic E-state index is -0.545. The number of methoxy groups -OCH3 is 1. The van der Waals surface area contributed by atoms with Crippen molar-refractivity contribution in [2.45, 2.75) is 31.8 Å². The second kappa shape index (κ2) is 3.70. The van der Waals surface area contributed by atoms with Crippen LogP contribution in [0.5, 0.6) is 0 Å². The highest BCUT2D eigenvalue weighted by molar-refractivity contribution is 4.77. The lowest BCUT2D eigenvalue weighted by molar-refractivity contribution is -0.157. The highest BCUT2D eigenvalue weighted by atomic mass is 16.7. The van der Waals surface area contributed by atoms with Crippen molar-refractivity contribution in [1.29, 1.82) is 0 Å².